The van der Waals surface area contributed by atoms with Gasteiger partial charge in [0.15, 0.2) is 36.8 Å². The van der Waals surface area contributed by atoms with Crippen molar-refractivity contribution in [3.8, 4) is 0 Å². The van der Waals surface area contributed by atoms with E-state index in [0.717, 1.165) is 55.4 Å². The molecule has 1 fully saturated rings. The molecule has 0 bridgehead atoms. The van der Waals surface area contributed by atoms with Crippen LogP contribution in [0.3, 0.4) is 0 Å². The van der Waals surface area contributed by atoms with Crippen molar-refractivity contribution >= 4 is 53.7 Å². The summed E-state index contributed by atoms with van der Waals surface area (Å²) in [5.41, 5.74) is 0.611. The highest BCUT2D eigenvalue weighted by molar-refractivity contribution is 5.84. The Morgan fingerprint density at radius 2 is 1.13 bits per heavy atom. The van der Waals surface area contributed by atoms with Gasteiger partial charge in [-0.25, -0.2) is 0 Å². The first-order chi connectivity index (χ1) is 25.8. The molecule has 9 atom stereocenters. The Bertz CT molecular complexity index is 1550. The van der Waals surface area contributed by atoms with E-state index in [4.69, 9.17) is 47.4 Å². The normalized spacial score (nSPS) is 21.1. The van der Waals surface area contributed by atoms with Gasteiger partial charge in [-0.1, -0.05) is 30.3 Å². The number of benzene rings is 1. The first-order valence-electron chi connectivity index (χ1n) is 16.7. The van der Waals surface area contributed by atoms with Gasteiger partial charge in [0, 0.05) is 61.9 Å². The molecule has 1 aromatic carbocycles. The van der Waals surface area contributed by atoms with Crippen molar-refractivity contribution in [2.24, 2.45) is 0 Å². The number of ether oxygens (including phenoxy) is 10. The summed E-state index contributed by atoms with van der Waals surface area (Å²) in [6, 6.07) is 8.48. The minimum absolute atomic E-state index is 0.115. The molecule has 0 spiro atoms. The largest absolute Gasteiger partial charge is 0.463 e. The maximum Gasteiger partial charge on any atom is 0.303 e. The maximum absolute atomic E-state index is 13.8. The molecule has 0 radical (unpaired) electrons. The number of carbonyl (C=O) groups excluding carboxylic acids is 9. The highest BCUT2D eigenvalue weighted by Crippen LogP contribution is 2.33. The summed E-state index contributed by atoms with van der Waals surface area (Å²) in [6.45, 7) is 6.24. The third-order valence-corrected chi connectivity index (χ3v) is 7.16. The molecule has 1 heterocycles. The molecule has 1 aliphatic heterocycles. The fraction of sp³-hybridized carbons (Fsp3) is 0.571. The van der Waals surface area contributed by atoms with Crippen LogP contribution in [0.1, 0.15) is 61.0 Å². The molecule has 1 saturated heterocycles. The Morgan fingerprint density at radius 3 is 1.64 bits per heavy atom. The predicted molar refractivity (Wildman–Crippen MR) is 178 cm³/mol. The summed E-state index contributed by atoms with van der Waals surface area (Å²) in [5.74, 6) is -8.79. The van der Waals surface area contributed by atoms with Gasteiger partial charge in [0.05, 0.1) is 0 Å². The van der Waals surface area contributed by atoms with E-state index in [9.17, 15) is 43.2 Å². The van der Waals surface area contributed by atoms with E-state index in [1.54, 1.807) is 30.3 Å². The molecule has 0 saturated carbocycles. The van der Waals surface area contributed by atoms with Crippen LogP contribution in [-0.4, -0.2) is 122 Å². The second kappa shape index (κ2) is 21.9. The van der Waals surface area contributed by atoms with Crippen LogP contribution in [0, 0.1) is 0 Å². The Kier molecular flexibility index (Phi) is 18.1. The Morgan fingerprint density at radius 1 is 0.600 bits per heavy atom. The van der Waals surface area contributed by atoms with E-state index in [2.05, 4.69) is 5.32 Å². The van der Waals surface area contributed by atoms with Gasteiger partial charge in [-0.3, -0.25) is 43.2 Å². The quantitative estimate of drug-likeness (QED) is 0.153. The molecular weight excluding hydrogens is 738 g/mol. The van der Waals surface area contributed by atoms with Crippen molar-refractivity contribution in [2.75, 3.05) is 13.2 Å². The summed E-state index contributed by atoms with van der Waals surface area (Å²) in [5, 5.41) is 2.56. The Labute approximate surface area is 315 Å². The van der Waals surface area contributed by atoms with E-state index < -0.39 is 122 Å². The Balaban J connectivity index is 2.88. The summed E-state index contributed by atoms with van der Waals surface area (Å²) < 4.78 is 55.1. The molecule has 1 amide bonds. The minimum atomic E-state index is -2.09. The first-order valence-corrected chi connectivity index (χ1v) is 16.7. The van der Waals surface area contributed by atoms with Crippen LogP contribution in [0.4, 0.5) is 0 Å². The van der Waals surface area contributed by atoms with Crippen molar-refractivity contribution in [1.29, 1.82) is 0 Å². The average molecular weight is 784 g/mol. The lowest BCUT2D eigenvalue weighted by Crippen LogP contribution is -2.65. The van der Waals surface area contributed by atoms with Crippen LogP contribution in [-0.2, 0) is 97.1 Å². The van der Waals surface area contributed by atoms with Crippen molar-refractivity contribution in [1.82, 2.24) is 5.32 Å². The smallest absolute Gasteiger partial charge is 0.303 e. The van der Waals surface area contributed by atoms with Gasteiger partial charge < -0.3 is 52.7 Å². The molecule has 20 nitrogen and oxygen atoms in total. The van der Waals surface area contributed by atoms with Crippen LogP contribution in [0.2, 0.25) is 0 Å². The summed E-state index contributed by atoms with van der Waals surface area (Å²) >= 11 is 0. The molecular formula is C35H45NO19. The van der Waals surface area contributed by atoms with Gasteiger partial charge in [-0.15, -0.1) is 0 Å². The van der Waals surface area contributed by atoms with Crippen LogP contribution in [0.25, 0.3) is 0 Å². The van der Waals surface area contributed by atoms with Gasteiger partial charge in [-0.05, 0) is 5.56 Å². The predicted octanol–water partition coefficient (Wildman–Crippen LogP) is 0.129. The highest BCUT2D eigenvalue weighted by Gasteiger charge is 2.56. The fourth-order valence-electron chi connectivity index (χ4n) is 5.27. The van der Waals surface area contributed by atoms with Crippen LogP contribution >= 0.6 is 0 Å². The number of nitrogens with one attached hydrogen (secondary N) is 1. The van der Waals surface area contributed by atoms with E-state index in [1.165, 1.54) is 0 Å². The van der Waals surface area contributed by atoms with Crippen LogP contribution < -0.4 is 5.32 Å². The number of amides is 1. The summed E-state index contributed by atoms with van der Waals surface area (Å²) in [4.78, 5) is 112. The number of hydrogen-bond acceptors (Lipinski definition) is 19. The number of hydrogen-bond donors (Lipinski definition) is 1. The van der Waals surface area contributed by atoms with E-state index in [1.807, 2.05) is 0 Å². The molecule has 2 rings (SSSR count). The lowest BCUT2D eigenvalue weighted by Gasteiger charge is -2.46. The number of esters is 8. The molecule has 1 aliphatic rings. The lowest BCUT2D eigenvalue weighted by molar-refractivity contribution is -0.331. The topological polar surface area (TPSA) is 258 Å². The SMILES string of the molecule is CC(=O)OC[C@H]1O[C@@H](O[C@H]([C@H](OC(C)=O)[C@H](OC(C)=O)C(=O)NCc2ccccc2)[C@@H](COC(C)=O)OC(C)=O)[C@H](OC(C)=O)[C@@H](OC(C)=O)[C@H]1OC(C)=O. The number of rotatable bonds is 18. The van der Waals surface area contributed by atoms with Crippen molar-refractivity contribution in [3.63, 3.8) is 0 Å². The number of carbonyl (C=O) groups is 9. The summed E-state index contributed by atoms with van der Waals surface area (Å²) in [6.07, 6.45) is -16.8. The molecule has 55 heavy (non-hydrogen) atoms. The van der Waals surface area contributed by atoms with E-state index in [0.29, 0.717) is 5.56 Å². The molecule has 0 aliphatic carbocycles. The maximum atomic E-state index is 13.8. The molecule has 0 aromatic heterocycles. The fourth-order valence-corrected chi connectivity index (χ4v) is 5.27. The van der Waals surface area contributed by atoms with Gasteiger partial charge in [0.25, 0.3) is 5.91 Å². The standard InChI is InChI=1S/C35H45NO19/c1-17(37)46-15-26(48-19(3)39)29(30(50-21(5)41)32(52-23(7)43)34(45)36-14-25-12-10-9-11-13-25)55-35-33(53-24(8)44)31(51-22(6)42)28(49-20(4)40)27(54-35)16-47-18(2)38/h9-13,26-33,35H,14-16H2,1-8H3,(H,36,45)/t26-,27-,28+,29+,30+,31+,32+,33-,35+/m1/s1. The van der Waals surface area contributed by atoms with E-state index in [-0.39, 0.29) is 6.54 Å². The molecule has 1 N–H and O–H groups in total. The van der Waals surface area contributed by atoms with Gasteiger partial charge in [0.2, 0.25) is 6.10 Å². The average Bonchev–Trinajstić information content (AvgIpc) is 3.07. The second-order valence-corrected chi connectivity index (χ2v) is 11.9. The van der Waals surface area contributed by atoms with Crippen LogP contribution in [0.5, 0.6) is 0 Å². The molecule has 20 heteroatoms. The zero-order chi connectivity index (χ0) is 41.4. The van der Waals surface area contributed by atoms with Gasteiger partial charge >= 0.3 is 47.8 Å². The molecule has 1 aromatic rings. The van der Waals surface area contributed by atoms with Crippen molar-refractivity contribution < 1.29 is 90.5 Å². The van der Waals surface area contributed by atoms with E-state index >= 15 is 0 Å². The van der Waals surface area contributed by atoms with Crippen molar-refractivity contribution in [3.05, 3.63) is 35.9 Å². The Hall–Kier alpha value is -5.63. The first kappa shape index (κ1) is 45.5. The third-order valence-electron chi connectivity index (χ3n) is 7.16. The minimum Gasteiger partial charge on any atom is -0.463 e. The lowest BCUT2D eigenvalue weighted by atomic mass is 9.97. The zero-order valence-electron chi connectivity index (χ0n) is 31.5. The van der Waals surface area contributed by atoms with Gasteiger partial charge in [-0.2, -0.15) is 0 Å². The second-order valence-electron chi connectivity index (χ2n) is 11.9. The zero-order valence-corrected chi connectivity index (χ0v) is 31.5. The third kappa shape index (κ3) is 15.7. The van der Waals surface area contributed by atoms with Gasteiger partial charge in [0.1, 0.15) is 25.4 Å². The van der Waals surface area contributed by atoms with Crippen molar-refractivity contribution in [2.45, 2.75) is 117 Å². The summed E-state index contributed by atoms with van der Waals surface area (Å²) in [7, 11) is 0. The van der Waals surface area contributed by atoms with Crippen LogP contribution in [0.15, 0.2) is 30.3 Å². The highest BCUT2D eigenvalue weighted by atomic mass is 16.8. The molecule has 304 valence electrons. The molecule has 0 unspecified atom stereocenters. The monoisotopic (exact) mass is 783 g/mol.